The molecule has 3 rings (SSSR count). The van der Waals surface area contributed by atoms with Crippen LogP contribution >= 0.6 is 12.2 Å². The van der Waals surface area contributed by atoms with Gasteiger partial charge in [-0.3, -0.25) is 4.57 Å². The first-order valence-corrected chi connectivity index (χ1v) is 7.59. The van der Waals surface area contributed by atoms with Gasteiger partial charge in [-0.25, -0.2) is 4.98 Å². The van der Waals surface area contributed by atoms with Crippen LogP contribution in [0.5, 0.6) is 0 Å². The molecular formula is C17H19N3S. The molecule has 0 saturated heterocycles. The molecule has 108 valence electrons. The Hall–Kier alpha value is -1.94. The number of fused-ring (bicyclic) bond motifs is 1. The second-order valence-electron chi connectivity index (χ2n) is 5.80. The van der Waals surface area contributed by atoms with Crippen molar-refractivity contribution in [3.05, 3.63) is 58.0 Å². The third-order valence-electron chi connectivity index (χ3n) is 3.73. The van der Waals surface area contributed by atoms with Gasteiger partial charge in [-0.05, 0) is 47.8 Å². The zero-order valence-corrected chi connectivity index (χ0v) is 13.4. The van der Waals surface area contributed by atoms with E-state index in [-0.39, 0.29) is 0 Å². The molecule has 2 aromatic heterocycles. The lowest BCUT2D eigenvalue weighted by atomic mass is 10.0. The zero-order valence-electron chi connectivity index (χ0n) is 12.6. The maximum Gasteiger partial charge on any atom is 0.179 e. The van der Waals surface area contributed by atoms with E-state index >= 15 is 0 Å². The Kier molecular flexibility index (Phi) is 3.64. The molecule has 4 heteroatoms. The molecule has 21 heavy (non-hydrogen) atoms. The standard InChI is InChI=1S/C17H19N3S/c1-11(2)14-6-4-13(5-7-14)10-20-16-15(19-17(20)21)8-12(3)9-18-16/h4-9,11H,10H2,1-3H3,(H,19,21). The minimum atomic E-state index is 0.555. The monoisotopic (exact) mass is 297 g/mol. The Morgan fingerprint density at radius 3 is 2.62 bits per heavy atom. The minimum absolute atomic E-state index is 0.555. The van der Waals surface area contributed by atoms with Crippen LogP contribution in [0.1, 0.15) is 36.5 Å². The number of pyridine rings is 1. The molecule has 0 spiro atoms. The van der Waals surface area contributed by atoms with E-state index in [2.05, 4.69) is 58.7 Å². The summed E-state index contributed by atoms with van der Waals surface area (Å²) >= 11 is 5.43. The van der Waals surface area contributed by atoms with Gasteiger partial charge in [0.25, 0.3) is 0 Å². The minimum Gasteiger partial charge on any atom is -0.329 e. The van der Waals surface area contributed by atoms with Crippen molar-refractivity contribution in [2.24, 2.45) is 0 Å². The molecule has 0 aliphatic heterocycles. The van der Waals surface area contributed by atoms with Gasteiger partial charge in [0, 0.05) is 6.20 Å². The molecule has 0 amide bonds. The van der Waals surface area contributed by atoms with Crippen LogP contribution in [0.15, 0.2) is 36.5 Å². The SMILES string of the molecule is Cc1cnc2c(c1)[nH]c(=S)n2Cc1ccc(C(C)C)cc1. The van der Waals surface area contributed by atoms with Crippen molar-refractivity contribution in [1.82, 2.24) is 14.5 Å². The summed E-state index contributed by atoms with van der Waals surface area (Å²) in [6, 6.07) is 10.8. The highest BCUT2D eigenvalue weighted by Gasteiger charge is 2.07. The van der Waals surface area contributed by atoms with Crippen molar-refractivity contribution < 1.29 is 0 Å². The van der Waals surface area contributed by atoms with Crippen molar-refractivity contribution in [3.8, 4) is 0 Å². The molecule has 0 radical (unpaired) electrons. The first kappa shape index (κ1) is 14.0. The quantitative estimate of drug-likeness (QED) is 0.718. The van der Waals surface area contributed by atoms with Crippen molar-refractivity contribution in [2.45, 2.75) is 33.2 Å². The number of H-pyrrole nitrogens is 1. The molecule has 1 aromatic carbocycles. The molecule has 0 bridgehead atoms. The highest BCUT2D eigenvalue weighted by molar-refractivity contribution is 7.71. The Balaban J connectivity index is 1.98. The molecule has 0 atom stereocenters. The number of imidazole rings is 1. The molecule has 3 nitrogen and oxygen atoms in total. The molecule has 0 unspecified atom stereocenters. The van der Waals surface area contributed by atoms with Crippen LogP contribution < -0.4 is 0 Å². The van der Waals surface area contributed by atoms with Gasteiger partial charge in [-0.2, -0.15) is 0 Å². The van der Waals surface area contributed by atoms with Gasteiger partial charge in [0.05, 0.1) is 12.1 Å². The number of aromatic amines is 1. The van der Waals surface area contributed by atoms with Gasteiger partial charge in [0.15, 0.2) is 10.4 Å². The van der Waals surface area contributed by atoms with E-state index in [1.54, 1.807) is 0 Å². The van der Waals surface area contributed by atoms with Gasteiger partial charge >= 0.3 is 0 Å². The van der Waals surface area contributed by atoms with Gasteiger partial charge < -0.3 is 4.98 Å². The second-order valence-corrected chi connectivity index (χ2v) is 6.18. The van der Waals surface area contributed by atoms with E-state index < -0.39 is 0 Å². The van der Waals surface area contributed by atoms with Crippen LogP contribution in [0.2, 0.25) is 0 Å². The number of nitrogens with zero attached hydrogens (tertiary/aromatic N) is 2. The summed E-state index contributed by atoms with van der Waals surface area (Å²) in [5.41, 5.74) is 5.64. The molecule has 0 saturated carbocycles. The fourth-order valence-corrected chi connectivity index (χ4v) is 2.75. The van der Waals surface area contributed by atoms with E-state index in [0.29, 0.717) is 5.92 Å². The number of hydrogen-bond acceptors (Lipinski definition) is 2. The average molecular weight is 297 g/mol. The van der Waals surface area contributed by atoms with Gasteiger partial charge in [-0.1, -0.05) is 38.1 Å². The highest BCUT2D eigenvalue weighted by atomic mass is 32.1. The largest absolute Gasteiger partial charge is 0.329 e. The normalized spacial score (nSPS) is 11.4. The maximum atomic E-state index is 5.43. The Morgan fingerprint density at radius 2 is 1.95 bits per heavy atom. The predicted molar refractivity (Wildman–Crippen MR) is 89.3 cm³/mol. The summed E-state index contributed by atoms with van der Waals surface area (Å²) in [5.74, 6) is 0.555. The second kappa shape index (κ2) is 5.45. The average Bonchev–Trinajstić information content (AvgIpc) is 2.75. The van der Waals surface area contributed by atoms with Gasteiger partial charge in [0.2, 0.25) is 0 Å². The summed E-state index contributed by atoms with van der Waals surface area (Å²) in [6.45, 7) is 7.19. The molecule has 0 aliphatic carbocycles. The van der Waals surface area contributed by atoms with Crippen LogP contribution in [-0.2, 0) is 6.54 Å². The van der Waals surface area contributed by atoms with Crippen molar-refractivity contribution >= 4 is 23.4 Å². The van der Waals surface area contributed by atoms with E-state index in [1.165, 1.54) is 11.1 Å². The number of benzene rings is 1. The fraction of sp³-hybridized carbons (Fsp3) is 0.294. The van der Waals surface area contributed by atoms with Crippen LogP contribution in [-0.4, -0.2) is 14.5 Å². The topological polar surface area (TPSA) is 33.6 Å². The highest BCUT2D eigenvalue weighted by Crippen LogP contribution is 2.18. The first-order valence-electron chi connectivity index (χ1n) is 7.18. The van der Waals surface area contributed by atoms with Gasteiger partial charge in [0.1, 0.15) is 0 Å². The number of rotatable bonds is 3. The summed E-state index contributed by atoms with van der Waals surface area (Å²) in [5, 5.41) is 0. The smallest absolute Gasteiger partial charge is 0.179 e. The summed E-state index contributed by atoms with van der Waals surface area (Å²) in [7, 11) is 0. The molecule has 1 N–H and O–H groups in total. The van der Waals surface area contributed by atoms with Crippen molar-refractivity contribution in [3.63, 3.8) is 0 Å². The first-order chi connectivity index (χ1) is 10.0. The summed E-state index contributed by atoms with van der Waals surface area (Å²) < 4.78 is 2.77. The molecule has 2 heterocycles. The Bertz CT molecular complexity index is 825. The van der Waals surface area contributed by atoms with E-state index in [4.69, 9.17) is 12.2 Å². The lowest BCUT2D eigenvalue weighted by Crippen LogP contribution is -2.01. The Labute approximate surface area is 129 Å². The molecule has 3 aromatic rings. The lowest BCUT2D eigenvalue weighted by molar-refractivity contribution is 0.797. The zero-order chi connectivity index (χ0) is 15.0. The maximum absolute atomic E-state index is 5.43. The third-order valence-corrected chi connectivity index (χ3v) is 4.06. The predicted octanol–water partition coefficient (Wildman–Crippen LogP) is 4.57. The number of hydrogen-bond donors (Lipinski definition) is 1. The Morgan fingerprint density at radius 1 is 1.24 bits per heavy atom. The molecular weight excluding hydrogens is 278 g/mol. The lowest BCUT2D eigenvalue weighted by Gasteiger charge is -2.08. The number of nitrogens with one attached hydrogen (secondary N) is 1. The van der Waals surface area contributed by atoms with Gasteiger partial charge in [-0.15, -0.1) is 0 Å². The van der Waals surface area contributed by atoms with Crippen molar-refractivity contribution in [2.75, 3.05) is 0 Å². The summed E-state index contributed by atoms with van der Waals surface area (Å²) in [4.78, 5) is 7.74. The third kappa shape index (κ3) is 2.76. The number of aryl methyl sites for hydroxylation is 1. The number of aromatic nitrogens is 3. The van der Waals surface area contributed by atoms with E-state index in [1.807, 2.05) is 13.1 Å². The van der Waals surface area contributed by atoms with Crippen LogP contribution in [0.3, 0.4) is 0 Å². The van der Waals surface area contributed by atoms with E-state index in [9.17, 15) is 0 Å². The molecule has 0 fully saturated rings. The van der Waals surface area contributed by atoms with Crippen LogP contribution in [0.4, 0.5) is 0 Å². The van der Waals surface area contributed by atoms with Crippen LogP contribution in [0, 0.1) is 11.7 Å². The molecule has 0 aliphatic rings. The fourth-order valence-electron chi connectivity index (χ4n) is 2.49. The van der Waals surface area contributed by atoms with Crippen molar-refractivity contribution in [1.29, 1.82) is 0 Å². The van der Waals surface area contributed by atoms with Crippen LogP contribution in [0.25, 0.3) is 11.2 Å². The summed E-state index contributed by atoms with van der Waals surface area (Å²) in [6.07, 6.45) is 1.88. The van der Waals surface area contributed by atoms with E-state index in [0.717, 1.165) is 28.0 Å².